The van der Waals surface area contributed by atoms with Crippen LogP contribution in [0.2, 0.25) is 5.02 Å². The molecule has 1 fully saturated rings. The van der Waals surface area contributed by atoms with Crippen LogP contribution < -0.4 is 10.6 Å². The van der Waals surface area contributed by atoms with Crippen LogP contribution in [0.1, 0.15) is 44.7 Å². The molecule has 5 nitrogen and oxygen atoms in total. The van der Waals surface area contributed by atoms with Gasteiger partial charge in [0.1, 0.15) is 6.10 Å². The maximum atomic E-state index is 12.8. The normalized spacial score (nSPS) is 26.8. The number of carbonyl (C=O) groups is 2. The molecule has 2 aliphatic rings. The Balaban J connectivity index is 1.92. The van der Waals surface area contributed by atoms with Crippen molar-refractivity contribution in [3.05, 3.63) is 46.1 Å². The number of carbonyl (C=O) groups excluding carboxylic acids is 2. The van der Waals surface area contributed by atoms with E-state index >= 15 is 0 Å². The highest BCUT2D eigenvalue weighted by Gasteiger charge is 2.36. The van der Waals surface area contributed by atoms with Gasteiger partial charge < -0.3 is 15.4 Å². The summed E-state index contributed by atoms with van der Waals surface area (Å²) in [7, 11) is 0. The number of allylic oxidation sites excluding steroid dienone is 1. The molecule has 2 amide bonds. The van der Waals surface area contributed by atoms with Crippen LogP contribution in [0.15, 0.2) is 35.5 Å². The second kappa shape index (κ2) is 6.85. The van der Waals surface area contributed by atoms with E-state index in [1.54, 1.807) is 19.1 Å². The molecule has 128 valence electrons. The Morgan fingerprint density at radius 2 is 2.04 bits per heavy atom. The zero-order valence-electron chi connectivity index (χ0n) is 13.8. The molecule has 2 N–H and O–H groups in total. The van der Waals surface area contributed by atoms with E-state index in [0.717, 1.165) is 19.3 Å². The maximum Gasteiger partial charge on any atom is 0.338 e. The third kappa shape index (κ3) is 3.26. The Labute approximate surface area is 146 Å². The lowest BCUT2D eigenvalue weighted by atomic mass is 9.95. The van der Waals surface area contributed by atoms with Gasteiger partial charge in [-0.1, -0.05) is 36.7 Å². The predicted molar refractivity (Wildman–Crippen MR) is 91.5 cm³/mol. The van der Waals surface area contributed by atoms with Crippen molar-refractivity contribution in [1.82, 2.24) is 10.6 Å². The quantitative estimate of drug-likeness (QED) is 0.818. The fourth-order valence-corrected chi connectivity index (χ4v) is 3.64. The van der Waals surface area contributed by atoms with Gasteiger partial charge in [-0.3, -0.25) is 0 Å². The first-order chi connectivity index (χ1) is 11.5. The zero-order chi connectivity index (χ0) is 17.3. The number of nitrogens with one attached hydrogen (secondary N) is 2. The summed E-state index contributed by atoms with van der Waals surface area (Å²) >= 11 is 6.27. The molecular weight excluding hydrogens is 328 g/mol. The standard InChI is InChI=1S/C18H21ClN2O3/c1-10-6-5-9-14(10)24-17(22)15-11(2)20-18(23)21-16(15)12-7-3-4-8-13(12)19/h3-4,7-8,10,14,16H,5-6,9H2,1-2H3,(H2,20,21,23)/t10-,14-,16-/m1/s1. The SMILES string of the molecule is CC1=C(C(=O)O[C@@H]2CCC[C@H]2C)[C@@H](c2ccccc2Cl)NC(=O)N1. The molecule has 1 aliphatic heterocycles. The van der Waals surface area contributed by atoms with Crippen LogP contribution >= 0.6 is 11.6 Å². The highest BCUT2D eigenvalue weighted by Crippen LogP contribution is 2.34. The Morgan fingerprint density at radius 3 is 2.71 bits per heavy atom. The summed E-state index contributed by atoms with van der Waals surface area (Å²) in [6.45, 7) is 3.80. The summed E-state index contributed by atoms with van der Waals surface area (Å²) < 4.78 is 5.73. The van der Waals surface area contributed by atoms with Crippen LogP contribution in [0.5, 0.6) is 0 Å². The number of amides is 2. The minimum atomic E-state index is -0.614. The highest BCUT2D eigenvalue weighted by molar-refractivity contribution is 6.31. The van der Waals surface area contributed by atoms with Crippen LogP contribution in [0.4, 0.5) is 4.79 Å². The van der Waals surface area contributed by atoms with Gasteiger partial charge >= 0.3 is 12.0 Å². The fraction of sp³-hybridized carbons (Fsp3) is 0.444. The molecule has 0 saturated heterocycles. The lowest BCUT2D eigenvalue weighted by molar-refractivity contribution is -0.146. The first-order valence-electron chi connectivity index (χ1n) is 8.21. The molecule has 3 atom stereocenters. The van der Waals surface area contributed by atoms with Crippen LogP contribution in [0, 0.1) is 5.92 Å². The van der Waals surface area contributed by atoms with Crippen LogP contribution in [-0.2, 0) is 9.53 Å². The first-order valence-corrected chi connectivity index (χ1v) is 8.59. The van der Waals surface area contributed by atoms with Crippen molar-refractivity contribution in [2.45, 2.75) is 45.3 Å². The number of rotatable bonds is 3. The monoisotopic (exact) mass is 348 g/mol. The summed E-state index contributed by atoms with van der Waals surface area (Å²) in [6, 6.07) is 6.20. The molecule has 24 heavy (non-hydrogen) atoms. The van der Waals surface area contributed by atoms with Crippen LogP contribution in [0.3, 0.4) is 0 Å². The lowest BCUT2D eigenvalue weighted by Gasteiger charge is -2.29. The number of benzene rings is 1. The first kappa shape index (κ1) is 16.8. The van der Waals surface area contributed by atoms with Gasteiger partial charge in [-0.25, -0.2) is 9.59 Å². The van der Waals surface area contributed by atoms with Crippen molar-refractivity contribution in [3.8, 4) is 0 Å². The molecule has 3 rings (SSSR count). The number of hydrogen-bond donors (Lipinski definition) is 2. The van der Waals surface area contributed by atoms with Gasteiger partial charge in [0, 0.05) is 10.7 Å². The van der Waals surface area contributed by atoms with Gasteiger partial charge in [-0.15, -0.1) is 0 Å². The van der Waals surface area contributed by atoms with Gasteiger partial charge in [0.15, 0.2) is 0 Å². The molecule has 0 aromatic heterocycles. The summed E-state index contributed by atoms with van der Waals surface area (Å²) in [5.41, 5.74) is 1.58. The number of ether oxygens (including phenoxy) is 1. The molecule has 0 spiro atoms. The van der Waals surface area contributed by atoms with E-state index in [1.165, 1.54) is 0 Å². The Morgan fingerprint density at radius 1 is 1.29 bits per heavy atom. The minimum absolute atomic E-state index is 0.0673. The summed E-state index contributed by atoms with van der Waals surface area (Å²) in [5, 5.41) is 5.93. The minimum Gasteiger partial charge on any atom is -0.459 e. The van der Waals surface area contributed by atoms with E-state index in [-0.39, 0.29) is 12.1 Å². The van der Waals surface area contributed by atoms with Crippen molar-refractivity contribution in [2.24, 2.45) is 5.92 Å². The molecule has 1 aliphatic carbocycles. The smallest absolute Gasteiger partial charge is 0.338 e. The molecule has 0 bridgehead atoms. The van der Waals surface area contributed by atoms with E-state index in [9.17, 15) is 9.59 Å². The molecule has 0 radical (unpaired) electrons. The van der Waals surface area contributed by atoms with Crippen LogP contribution in [0.25, 0.3) is 0 Å². The van der Waals surface area contributed by atoms with Gasteiger partial charge in [0.2, 0.25) is 0 Å². The van der Waals surface area contributed by atoms with Crippen molar-refractivity contribution < 1.29 is 14.3 Å². The van der Waals surface area contributed by atoms with Crippen molar-refractivity contribution in [3.63, 3.8) is 0 Å². The Bertz CT molecular complexity index is 701. The lowest BCUT2D eigenvalue weighted by Crippen LogP contribution is -2.45. The van der Waals surface area contributed by atoms with Crippen molar-refractivity contribution in [2.75, 3.05) is 0 Å². The number of halogens is 1. The Hall–Kier alpha value is -2.01. The van der Waals surface area contributed by atoms with E-state index in [1.807, 2.05) is 12.1 Å². The third-order valence-electron chi connectivity index (χ3n) is 4.75. The number of hydrogen-bond acceptors (Lipinski definition) is 3. The van der Waals surface area contributed by atoms with E-state index < -0.39 is 12.0 Å². The topological polar surface area (TPSA) is 67.4 Å². The molecule has 1 saturated carbocycles. The molecule has 6 heteroatoms. The fourth-order valence-electron chi connectivity index (χ4n) is 3.39. The average Bonchev–Trinajstić information content (AvgIpc) is 2.92. The number of esters is 1. The van der Waals surface area contributed by atoms with Gasteiger partial charge in [0.05, 0.1) is 11.6 Å². The third-order valence-corrected chi connectivity index (χ3v) is 5.09. The molecular formula is C18H21ClN2O3. The van der Waals surface area contributed by atoms with E-state index in [0.29, 0.717) is 27.8 Å². The van der Waals surface area contributed by atoms with Gasteiger partial charge in [-0.05, 0) is 43.7 Å². The molecule has 0 unspecified atom stereocenters. The summed E-state index contributed by atoms with van der Waals surface area (Å²) in [4.78, 5) is 24.7. The predicted octanol–water partition coefficient (Wildman–Crippen LogP) is 3.70. The van der Waals surface area contributed by atoms with Gasteiger partial charge in [-0.2, -0.15) is 0 Å². The van der Waals surface area contributed by atoms with E-state index in [4.69, 9.17) is 16.3 Å². The summed E-state index contributed by atoms with van der Waals surface area (Å²) in [6.07, 6.45) is 2.96. The van der Waals surface area contributed by atoms with E-state index in [2.05, 4.69) is 17.6 Å². The Kier molecular flexibility index (Phi) is 4.81. The van der Waals surface area contributed by atoms with Crippen LogP contribution in [-0.4, -0.2) is 18.1 Å². The van der Waals surface area contributed by atoms with Crippen molar-refractivity contribution in [1.29, 1.82) is 0 Å². The van der Waals surface area contributed by atoms with Crippen molar-refractivity contribution >= 4 is 23.6 Å². The second-order valence-electron chi connectivity index (χ2n) is 6.44. The maximum absolute atomic E-state index is 12.8. The zero-order valence-corrected chi connectivity index (χ0v) is 14.5. The molecule has 1 heterocycles. The highest BCUT2D eigenvalue weighted by atomic mass is 35.5. The summed E-state index contributed by atoms with van der Waals surface area (Å²) in [5.74, 6) is -0.0385. The molecule has 1 aromatic rings. The number of urea groups is 1. The average molecular weight is 349 g/mol. The second-order valence-corrected chi connectivity index (χ2v) is 6.85. The largest absolute Gasteiger partial charge is 0.459 e. The molecule has 1 aromatic carbocycles. The van der Waals surface area contributed by atoms with Gasteiger partial charge in [0.25, 0.3) is 0 Å².